The zero-order valence-corrected chi connectivity index (χ0v) is 21.0. The smallest absolute Gasteiger partial charge is 0.338 e. The number of esters is 1. The van der Waals surface area contributed by atoms with Crippen molar-refractivity contribution in [3.63, 3.8) is 0 Å². The summed E-state index contributed by atoms with van der Waals surface area (Å²) in [5.74, 6) is -1.14. The molecule has 2 aromatic heterocycles. The zero-order chi connectivity index (χ0) is 24.8. The molecule has 0 saturated carbocycles. The Morgan fingerprint density at radius 3 is 2.62 bits per heavy atom. The van der Waals surface area contributed by atoms with E-state index in [0.29, 0.717) is 15.8 Å². The lowest BCUT2D eigenvalue weighted by Crippen LogP contribution is -2.25. The van der Waals surface area contributed by atoms with Gasteiger partial charge in [-0.3, -0.25) is 14.9 Å². The maximum atomic E-state index is 12.6. The Morgan fingerprint density at radius 1 is 1.26 bits per heavy atom. The first-order chi connectivity index (χ1) is 15.8. The minimum Gasteiger partial charge on any atom is -0.456 e. The molecule has 1 N–H and O–H groups in total. The van der Waals surface area contributed by atoms with E-state index in [0.717, 1.165) is 29.4 Å². The third-order valence-corrected chi connectivity index (χ3v) is 8.02. The number of thiazole rings is 1. The van der Waals surface area contributed by atoms with E-state index in [4.69, 9.17) is 9.15 Å². The van der Waals surface area contributed by atoms with Crippen molar-refractivity contribution in [2.75, 3.05) is 6.26 Å². The number of ether oxygens (including phenoxy) is 1. The van der Waals surface area contributed by atoms with Crippen LogP contribution in [0, 0.1) is 0 Å². The monoisotopic (exact) mass is 524 g/mol. The highest BCUT2D eigenvalue weighted by molar-refractivity contribution is 8.15. The molecule has 3 aromatic rings. The lowest BCUT2D eigenvalue weighted by molar-refractivity contribution is -0.119. The predicted octanol–water partition coefficient (Wildman–Crippen LogP) is 2.66. The van der Waals surface area contributed by atoms with Crippen molar-refractivity contribution in [2.45, 2.75) is 43.3 Å². The fraction of sp³-hybridized carbons (Fsp3) is 0.400. The van der Waals surface area contributed by atoms with Gasteiger partial charge in [-0.05, 0) is 39.0 Å². The van der Waals surface area contributed by atoms with Crippen LogP contribution in [-0.2, 0) is 25.8 Å². The second-order valence-electron chi connectivity index (χ2n) is 8.57. The molecular formula is C20H20N4O7S3. The molecule has 3 heterocycles. The minimum atomic E-state index is -3.78. The summed E-state index contributed by atoms with van der Waals surface area (Å²) in [7, 11) is -3.78. The van der Waals surface area contributed by atoms with Gasteiger partial charge < -0.3 is 9.15 Å². The quantitative estimate of drug-likeness (QED) is 0.472. The van der Waals surface area contributed by atoms with E-state index in [1.807, 2.05) is 0 Å². The van der Waals surface area contributed by atoms with E-state index < -0.39 is 43.1 Å². The number of nitrogens with zero attached hydrogens (tertiary/aromatic N) is 3. The molecule has 0 radical (unpaired) electrons. The second kappa shape index (κ2) is 8.74. The van der Waals surface area contributed by atoms with Crippen molar-refractivity contribution in [3.8, 4) is 0 Å². The fourth-order valence-corrected chi connectivity index (χ4v) is 6.47. The number of nitrogens with one attached hydrogen (secondary N) is 1. The summed E-state index contributed by atoms with van der Waals surface area (Å²) < 4.78 is 36.8. The molecule has 1 aromatic carbocycles. The minimum absolute atomic E-state index is 0.0230. The van der Waals surface area contributed by atoms with Gasteiger partial charge in [0.05, 0.1) is 15.8 Å². The number of amides is 2. The van der Waals surface area contributed by atoms with Gasteiger partial charge in [0.1, 0.15) is 15.9 Å². The van der Waals surface area contributed by atoms with E-state index in [-0.39, 0.29) is 23.2 Å². The summed E-state index contributed by atoms with van der Waals surface area (Å²) in [4.78, 5) is 39.9. The molecule has 1 aliphatic heterocycles. The molecule has 2 atom stereocenters. The third-order valence-electron chi connectivity index (χ3n) is 4.53. The Hall–Kier alpha value is -2.84. The van der Waals surface area contributed by atoms with Crippen LogP contribution in [0.5, 0.6) is 0 Å². The van der Waals surface area contributed by atoms with Gasteiger partial charge >= 0.3 is 5.97 Å². The number of hydrogen-bond donors (Lipinski definition) is 1. The van der Waals surface area contributed by atoms with Crippen molar-refractivity contribution in [1.82, 2.24) is 20.5 Å². The van der Waals surface area contributed by atoms with E-state index >= 15 is 0 Å². The summed E-state index contributed by atoms with van der Waals surface area (Å²) in [5, 5.41) is 7.55. The number of aromatic nitrogens is 3. The highest BCUT2D eigenvalue weighted by Crippen LogP contribution is 2.35. The average molecular weight is 525 g/mol. The van der Waals surface area contributed by atoms with Crippen LogP contribution >= 0.6 is 23.1 Å². The Kier molecular flexibility index (Phi) is 6.25. The van der Waals surface area contributed by atoms with Crippen molar-refractivity contribution in [1.29, 1.82) is 0 Å². The Morgan fingerprint density at radius 2 is 2.00 bits per heavy atom. The molecule has 0 spiro atoms. The first-order valence-electron chi connectivity index (χ1n) is 9.96. The largest absolute Gasteiger partial charge is 0.456 e. The molecule has 4 rings (SSSR count). The summed E-state index contributed by atoms with van der Waals surface area (Å²) in [6.45, 7) is 5.29. The van der Waals surface area contributed by atoms with Gasteiger partial charge in [-0.1, -0.05) is 11.8 Å². The molecule has 0 bridgehead atoms. The van der Waals surface area contributed by atoms with Crippen LogP contribution in [0.4, 0.5) is 4.79 Å². The molecule has 2 amide bonds. The molecule has 0 aliphatic carbocycles. The SMILES string of the molecule is CC(C)(C)OC(=O)c1ccc2nc(C(c3nnc(CC4SC(=O)NC4=O)o3)S(C)(=O)=O)sc2c1. The van der Waals surface area contributed by atoms with Gasteiger partial charge in [0.2, 0.25) is 17.7 Å². The molecule has 14 heteroatoms. The summed E-state index contributed by atoms with van der Waals surface area (Å²) in [5.41, 5.74) is 0.154. The Balaban J connectivity index is 1.64. The van der Waals surface area contributed by atoms with Gasteiger partial charge in [-0.2, -0.15) is 0 Å². The molecule has 11 nitrogen and oxygen atoms in total. The second-order valence-corrected chi connectivity index (χ2v) is 12.9. The summed E-state index contributed by atoms with van der Waals surface area (Å²) >= 11 is 1.89. The number of rotatable bonds is 6. The van der Waals surface area contributed by atoms with Crippen molar-refractivity contribution in [3.05, 3.63) is 40.6 Å². The van der Waals surface area contributed by atoms with Gasteiger partial charge in [0.25, 0.3) is 5.24 Å². The molecule has 1 fully saturated rings. The zero-order valence-electron chi connectivity index (χ0n) is 18.5. The summed E-state index contributed by atoms with van der Waals surface area (Å²) in [6, 6.07) is 4.77. The lowest BCUT2D eigenvalue weighted by Gasteiger charge is -2.19. The molecule has 1 aliphatic rings. The number of carbonyl (C=O) groups is 3. The number of carbonyl (C=O) groups excluding carboxylic acids is 3. The van der Waals surface area contributed by atoms with Crippen LogP contribution in [0.25, 0.3) is 10.2 Å². The van der Waals surface area contributed by atoms with E-state index in [9.17, 15) is 22.8 Å². The number of fused-ring (bicyclic) bond motifs is 1. The average Bonchev–Trinajstić information content (AvgIpc) is 3.38. The fourth-order valence-electron chi connectivity index (χ4n) is 3.13. The van der Waals surface area contributed by atoms with Crippen LogP contribution in [0.1, 0.15) is 53.2 Å². The molecule has 180 valence electrons. The summed E-state index contributed by atoms with van der Waals surface area (Å²) in [6.07, 6.45) is 1.00. The highest BCUT2D eigenvalue weighted by atomic mass is 32.2. The van der Waals surface area contributed by atoms with E-state index in [2.05, 4.69) is 20.5 Å². The van der Waals surface area contributed by atoms with Gasteiger partial charge in [0.15, 0.2) is 15.1 Å². The Labute approximate surface area is 202 Å². The highest BCUT2D eigenvalue weighted by Gasteiger charge is 2.36. The van der Waals surface area contributed by atoms with Gasteiger partial charge in [-0.25, -0.2) is 18.2 Å². The van der Waals surface area contributed by atoms with Gasteiger partial charge in [-0.15, -0.1) is 21.5 Å². The van der Waals surface area contributed by atoms with Crippen LogP contribution in [0.2, 0.25) is 0 Å². The molecule has 34 heavy (non-hydrogen) atoms. The van der Waals surface area contributed by atoms with E-state index in [1.165, 1.54) is 0 Å². The number of sulfone groups is 1. The van der Waals surface area contributed by atoms with Gasteiger partial charge in [0, 0.05) is 12.7 Å². The van der Waals surface area contributed by atoms with Crippen LogP contribution in [0.15, 0.2) is 22.6 Å². The van der Waals surface area contributed by atoms with Crippen LogP contribution in [0.3, 0.4) is 0 Å². The number of thioether (sulfide) groups is 1. The topological polar surface area (TPSA) is 158 Å². The van der Waals surface area contributed by atoms with E-state index in [1.54, 1.807) is 39.0 Å². The maximum absolute atomic E-state index is 12.6. The number of hydrogen-bond acceptors (Lipinski definition) is 12. The normalized spacial score (nSPS) is 17.7. The molecule has 2 unspecified atom stereocenters. The van der Waals surface area contributed by atoms with Crippen molar-refractivity contribution in [2.24, 2.45) is 0 Å². The standard InChI is InChI=1S/C20H20N4O7S3/c1-20(2,3)31-18(26)9-5-6-10-11(7-9)32-17(21-10)14(34(4,28)29)16-24-23-13(30-16)8-12-15(25)22-19(27)33-12/h5-7,12,14H,8H2,1-4H3,(H,22,25,27). The van der Waals surface area contributed by atoms with Crippen molar-refractivity contribution >= 4 is 60.3 Å². The maximum Gasteiger partial charge on any atom is 0.338 e. The third kappa shape index (κ3) is 5.28. The van der Waals surface area contributed by atoms with Crippen molar-refractivity contribution < 1.29 is 32.0 Å². The van der Waals surface area contributed by atoms with Crippen LogP contribution < -0.4 is 5.32 Å². The number of benzene rings is 1. The molecular weight excluding hydrogens is 504 g/mol. The lowest BCUT2D eigenvalue weighted by atomic mass is 10.1. The molecule has 1 saturated heterocycles. The first kappa shape index (κ1) is 24.3. The first-order valence-corrected chi connectivity index (χ1v) is 13.6. The number of imide groups is 1. The van der Waals surface area contributed by atoms with Crippen LogP contribution in [-0.4, -0.2) is 57.8 Å². The Bertz CT molecular complexity index is 1400. The predicted molar refractivity (Wildman–Crippen MR) is 124 cm³/mol.